The maximum absolute atomic E-state index is 6.15. The van der Waals surface area contributed by atoms with Crippen LogP contribution in [0, 0.1) is 0 Å². The average molecular weight is 276 g/mol. The van der Waals surface area contributed by atoms with E-state index < -0.39 is 0 Å². The molecule has 4 nitrogen and oxygen atoms in total. The van der Waals surface area contributed by atoms with Gasteiger partial charge in [-0.15, -0.1) is 0 Å². The molecule has 0 aromatic heterocycles. The number of hydrogen-bond donors (Lipinski definition) is 2. The Morgan fingerprint density at radius 3 is 2.25 bits per heavy atom. The van der Waals surface area contributed by atoms with Crippen molar-refractivity contribution in [1.82, 2.24) is 0 Å². The van der Waals surface area contributed by atoms with Crippen LogP contribution >= 0.6 is 0 Å². The highest BCUT2D eigenvalue weighted by atomic mass is 16.7. The maximum atomic E-state index is 6.15. The largest absolute Gasteiger partial charge is 0.495 e. The first-order valence-electron chi connectivity index (χ1n) is 7.26. The fraction of sp³-hybridized carbons (Fsp3) is 0.600. The molecule has 0 aliphatic carbocycles. The number of hydrazine groups is 1. The number of nitrogen functional groups attached to an aromatic ring is 1. The van der Waals surface area contributed by atoms with Gasteiger partial charge < -0.3 is 14.7 Å². The molecule has 0 amide bonds. The molecule has 1 aromatic carbocycles. The molecule has 1 fully saturated rings. The van der Waals surface area contributed by atoms with E-state index >= 15 is 0 Å². The van der Waals surface area contributed by atoms with E-state index in [1.807, 2.05) is 12.1 Å². The molecule has 0 atom stereocenters. The van der Waals surface area contributed by atoms with E-state index in [1.165, 1.54) is 5.56 Å². The van der Waals surface area contributed by atoms with Crippen LogP contribution in [0.3, 0.4) is 0 Å². The van der Waals surface area contributed by atoms with Crippen molar-refractivity contribution < 1.29 is 9.31 Å². The summed E-state index contributed by atoms with van der Waals surface area (Å²) in [5.41, 5.74) is 5.31. The number of rotatable bonds is 4. The summed E-state index contributed by atoms with van der Waals surface area (Å²) in [6.45, 7) is 10.4. The molecule has 0 bridgehead atoms. The fourth-order valence-electron chi connectivity index (χ4n) is 2.46. The van der Waals surface area contributed by atoms with Crippen molar-refractivity contribution in [2.45, 2.75) is 58.7 Å². The van der Waals surface area contributed by atoms with Crippen molar-refractivity contribution in [1.29, 1.82) is 0 Å². The predicted molar refractivity (Wildman–Crippen MR) is 84.0 cm³/mol. The normalized spacial score (nSPS) is 20.2. The number of benzene rings is 1. The van der Waals surface area contributed by atoms with Gasteiger partial charge in [-0.2, -0.15) is 0 Å². The van der Waals surface area contributed by atoms with E-state index in [4.69, 9.17) is 15.2 Å². The van der Waals surface area contributed by atoms with Crippen LogP contribution < -0.4 is 16.7 Å². The third kappa shape index (κ3) is 2.58. The Kier molecular flexibility index (Phi) is 4.14. The van der Waals surface area contributed by atoms with E-state index in [-0.39, 0.29) is 18.3 Å². The summed E-state index contributed by atoms with van der Waals surface area (Å²) in [4.78, 5) is 0. The highest BCUT2D eigenvalue weighted by Crippen LogP contribution is 2.37. The Morgan fingerprint density at radius 1 is 1.15 bits per heavy atom. The monoisotopic (exact) mass is 276 g/mol. The van der Waals surface area contributed by atoms with Gasteiger partial charge in [-0.1, -0.05) is 25.5 Å². The molecule has 0 radical (unpaired) electrons. The molecule has 110 valence electrons. The Morgan fingerprint density at radius 2 is 1.75 bits per heavy atom. The van der Waals surface area contributed by atoms with Gasteiger partial charge >= 0.3 is 7.12 Å². The van der Waals surface area contributed by atoms with Crippen LogP contribution in [0.25, 0.3) is 0 Å². The number of nitrogens with one attached hydrogen (secondary N) is 1. The molecule has 1 aliphatic rings. The van der Waals surface area contributed by atoms with Crippen LogP contribution in [0.1, 0.15) is 46.6 Å². The molecular formula is C15H25BN2O2. The second-order valence-electron chi connectivity index (χ2n) is 6.36. The number of nitrogens with two attached hydrogens (primary N) is 1. The van der Waals surface area contributed by atoms with E-state index in [0.717, 1.165) is 24.0 Å². The molecule has 1 heterocycles. The quantitative estimate of drug-likeness (QED) is 0.503. The minimum atomic E-state index is -0.338. The van der Waals surface area contributed by atoms with Crippen molar-refractivity contribution >= 4 is 18.3 Å². The smallest absolute Gasteiger partial charge is 0.399 e. The van der Waals surface area contributed by atoms with Crippen LogP contribution in [-0.2, 0) is 15.7 Å². The van der Waals surface area contributed by atoms with E-state index in [1.54, 1.807) is 0 Å². The van der Waals surface area contributed by atoms with Gasteiger partial charge in [0, 0.05) is 0 Å². The standard InChI is InChI=1S/C15H25BN2O2/c1-6-8-11-12(9-7-10-13(11)18-17)16-19-14(2,3)15(4,5)20-16/h7,9-10,18H,6,8,17H2,1-5H3. The van der Waals surface area contributed by atoms with Crippen molar-refractivity contribution in [2.75, 3.05) is 5.43 Å². The van der Waals surface area contributed by atoms with Crippen LogP contribution in [0.5, 0.6) is 0 Å². The van der Waals surface area contributed by atoms with E-state index in [9.17, 15) is 0 Å². The topological polar surface area (TPSA) is 56.5 Å². The van der Waals surface area contributed by atoms with Gasteiger partial charge in [-0.3, -0.25) is 5.84 Å². The van der Waals surface area contributed by atoms with Crippen molar-refractivity contribution in [2.24, 2.45) is 5.84 Å². The van der Waals surface area contributed by atoms with Crippen LogP contribution in [0.15, 0.2) is 18.2 Å². The summed E-state index contributed by atoms with van der Waals surface area (Å²) in [6.07, 6.45) is 1.99. The third-order valence-electron chi connectivity index (χ3n) is 4.37. The molecule has 1 saturated heterocycles. The Hall–Kier alpha value is -1.04. The maximum Gasteiger partial charge on any atom is 0.495 e. The van der Waals surface area contributed by atoms with Gasteiger partial charge in [0.2, 0.25) is 0 Å². The molecule has 0 saturated carbocycles. The minimum absolute atomic E-state index is 0.326. The molecule has 1 aliphatic heterocycles. The highest BCUT2D eigenvalue weighted by molar-refractivity contribution is 6.62. The summed E-state index contributed by atoms with van der Waals surface area (Å²) >= 11 is 0. The van der Waals surface area contributed by atoms with Crippen molar-refractivity contribution in [3.8, 4) is 0 Å². The SMILES string of the molecule is CCCc1c(NN)cccc1B1OC(C)(C)C(C)(C)O1. The first-order valence-corrected chi connectivity index (χ1v) is 7.26. The summed E-state index contributed by atoms with van der Waals surface area (Å²) in [6, 6.07) is 6.03. The molecule has 2 rings (SSSR count). The lowest BCUT2D eigenvalue weighted by Gasteiger charge is -2.32. The zero-order chi connectivity index (χ0) is 15.0. The molecule has 0 unspecified atom stereocenters. The summed E-state index contributed by atoms with van der Waals surface area (Å²) in [5, 5.41) is 0. The third-order valence-corrected chi connectivity index (χ3v) is 4.37. The molecule has 5 heteroatoms. The van der Waals surface area contributed by atoms with Crippen molar-refractivity contribution in [3.63, 3.8) is 0 Å². The number of hydrogen-bond acceptors (Lipinski definition) is 4. The zero-order valence-corrected chi connectivity index (χ0v) is 13.1. The van der Waals surface area contributed by atoms with E-state index in [2.05, 4.69) is 46.1 Å². The lowest BCUT2D eigenvalue weighted by Crippen LogP contribution is -2.41. The minimum Gasteiger partial charge on any atom is -0.399 e. The number of anilines is 1. The first kappa shape index (κ1) is 15.4. The lowest BCUT2D eigenvalue weighted by molar-refractivity contribution is 0.00578. The molecule has 1 aromatic rings. The highest BCUT2D eigenvalue weighted by Gasteiger charge is 2.52. The first-order chi connectivity index (χ1) is 9.32. The summed E-state index contributed by atoms with van der Waals surface area (Å²) in [5.74, 6) is 5.62. The summed E-state index contributed by atoms with van der Waals surface area (Å²) < 4.78 is 12.3. The van der Waals surface area contributed by atoms with E-state index in [0.29, 0.717) is 0 Å². The predicted octanol–water partition coefficient (Wildman–Crippen LogP) is 2.22. The fourth-order valence-corrected chi connectivity index (χ4v) is 2.46. The Bertz CT molecular complexity index is 473. The summed E-state index contributed by atoms with van der Waals surface area (Å²) in [7, 11) is -0.338. The van der Waals surface area contributed by atoms with Gasteiger partial charge in [0.15, 0.2) is 0 Å². The molecule has 0 spiro atoms. The van der Waals surface area contributed by atoms with Crippen LogP contribution in [0.4, 0.5) is 5.69 Å². The van der Waals surface area contributed by atoms with Gasteiger partial charge in [0.1, 0.15) is 0 Å². The second kappa shape index (κ2) is 5.39. The zero-order valence-electron chi connectivity index (χ0n) is 13.1. The Balaban J connectivity index is 2.39. The lowest BCUT2D eigenvalue weighted by atomic mass is 9.74. The van der Waals surface area contributed by atoms with Gasteiger partial charge in [0.05, 0.1) is 16.9 Å². The molecular weight excluding hydrogens is 251 g/mol. The molecule has 20 heavy (non-hydrogen) atoms. The van der Waals surface area contributed by atoms with Crippen LogP contribution in [-0.4, -0.2) is 18.3 Å². The van der Waals surface area contributed by atoms with Crippen molar-refractivity contribution in [3.05, 3.63) is 23.8 Å². The van der Waals surface area contributed by atoms with Crippen LogP contribution in [0.2, 0.25) is 0 Å². The van der Waals surface area contributed by atoms with Gasteiger partial charge in [-0.25, -0.2) is 0 Å². The molecule has 3 N–H and O–H groups in total. The van der Waals surface area contributed by atoms with Gasteiger partial charge in [-0.05, 0) is 51.2 Å². The average Bonchev–Trinajstić information content (AvgIpc) is 2.59. The van der Waals surface area contributed by atoms with Gasteiger partial charge in [0.25, 0.3) is 0 Å². The Labute approximate surface area is 122 Å². The second-order valence-corrected chi connectivity index (χ2v) is 6.36.